The van der Waals surface area contributed by atoms with Crippen LogP contribution in [0.25, 0.3) is 11.8 Å². The second-order valence-corrected chi connectivity index (χ2v) is 5.87. The molecule has 6 heteroatoms. The molecule has 3 aromatic rings. The number of nitrogens with zero attached hydrogens (tertiary/aromatic N) is 4. The van der Waals surface area contributed by atoms with Crippen molar-refractivity contribution in [3.05, 3.63) is 71.1 Å². The number of aryl methyl sites for hydroxylation is 3. The number of nitrogens with one attached hydrogen (secondary N) is 1. The second kappa shape index (κ2) is 7.09. The van der Waals surface area contributed by atoms with Gasteiger partial charge < -0.3 is 5.32 Å². The summed E-state index contributed by atoms with van der Waals surface area (Å²) in [6.45, 7) is 5.83. The maximum absolute atomic E-state index is 12.2. The van der Waals surface area contributed by atoms with Crippen molar-refractivity contribution in [3.8, 4) is 5.69 Å². The van der Waals surface area contributed by atoms with Crippen LogP contribution in [0.15, 0.2) is 48.5 Å². The number of rotatable bonds is 4. The number of amides is 1. The van der Waals surface area contributed by atoms with Gasteiger partial charge in [0.2, 0.25) is 5.91 Å². The largest absolute Gasteiger partial charge is 0.322 e. The fourth-order valence-corrected chi connectivity index (χ4v) is 2.40. The molecule has 3 rings (SSSR count). The Morgan fingerprint density at radius 3 is 2.52 bits per heavy atom. The molecule has 0 saturated heterocycles. The number of carbonyl (C=O) groups excluding carboxylic acids is 1. The predicted octanol–water partition coefficient (Wildman–Crippen LogP) is 3.24. The van der Waals surface area contributed by atoms with Gasteiger partial charge in [-0.25, -0.2) is 0 Å². The van der Waals surface area contributed by atoms with Crippen LogP contribution >= 0.6 is 0 Å². The summed E-state index contributed by atoms with van der Waals surface area (Å²) in [5.41, 5.74) is 4.71. The highest BCUT2D eigenvalue weighted by Crippen LogP contribution is 2.19. The molecule has 25 heavy (non-hydrogen) atoms. The lowest BCUT2D eigenvalue weighted by atomic mass is 10.1. The van der Waals surface area contributed by atoms with E-state index in [2.05, 4.69) is 20.8 Å². The van der Waals surface area contributed by atoms with Crippen LogP contribution in [-0.4, -0.2) is 26.1 Å². The molecule has 0 bridgehead atoms. The first kappa shape index (κ1) is 16.6. The van der Waals surface area contributed by atoms with Crippen molar-refractivity contribution in [2.24, 2.45) is 0 Å². The van der Waals surface area contributed by atoms with Crippen molar-refractivity contribution < 1.29 is 4.79 Å². The van der Waals surface area contributed by atoms with Gasteiger partial charge in [0.25, 0.3) is 0 Å². The molecule has 1 amide bonds. The zero-order valence-corrected chi connectivity index (χ0v) is 14.4. The summed E-state index contributed by atoms with van der Waals surface area (Å²) in [4.78, 5) is 12.2. The molecule has 1 N–H and O–H groups in total. The minimum atomic E-state index is -0.191. The van der Waals surface area contributed by atoms with Crippen LogP contribution in [0.5, 0.6) is 0 Å². The van der Waals surface area contributed by atoms with E-state index in [9.17, 15) is 4.79 Å². The van der Waals surface area contributed by atoms with E-state index in [0.717, 1.165) is 16.8 Å². The summed E-state index contributed by atoms with van der Waals surface area (Å²) in [5.74, 6) is 0.495. The molecule has 0 saturated carbocycles. The van der Waals surface area contributed by atoms with E-state index in [4.69, 9.17) is 0 Å². The maximum Gasteiger partial charge on any atom is 0.248 e. The van der Waals surface area contributed by atoms with Gasteiger partial charge in [-0.1, -0.05) is 35.9 Å². The first-order valence-corrected chi connectivity index (χ1v) is 7.95. The Morgan fingerprint density at radius 2 is 1.84 bits per heavy atom. The molecule has 0 radical (unpaired) electrons. The lowest BCUT2D eigenvalue weighted by molar-refractivity contribution is -0.111. The van der Waals surface area contributed by atoms with Gasteiger partial charge in [-0.2, -0.15) is 4.68 Å². The van der Waals surface area contributed by atoms with Gasteiger partial charge in [0.05, 0.1) is 5.69 Å². The first-order valence-electron chi connectivity index (χ1n) is 7.95. The summed E-state index contributed by atoms with van der Waals surface area (Å²) in [5, 5.41) is 14.4. The number of anilines is 1. The third-order valence-electron chi connectivity index (χ3n) is 3.83. The number of aromatic nitrogens is 4. The fraction of sp³-hybridized carbons (Fsp3) is 0.158. The first-order chi connectivity index (χ1) is 12.0. The van der Waals surface area contributed by atoms with E-state index in [-0.39, 0.29) is 5.91 Å². The molecule has 0 fully saturated rings. The molecule has 0 aliphatic heterocycles. The Kier molecular flexibility index (Phi) is 4.70. The topological polar surface area (TPSA) is 72.7 Å². The van der Waals surface area contributed by atoms with E-state index in [0.29, 0.717) is 11.5 Å². The molecule has 0 unspecified atom stereocenters. The lowest BCUT2D eigenvalue weighted by Gasteiger charge is -2.09. The molecule has 6 nitrogen and oxygen atoms in total. The highest BCUT2D eigenvalue weighted by atomic mass is 16.1. The van der Waals surface area contributed by atoms with Crippen LogP contribution < -0.4 is 5.32 Å². The average Bonchev–Trinajstić information content (AvgIpc) is 3.02. The summed E-state index contributed by atoms with van der Waals surface area (Å²) in [7, 11) is 0. The minimum Gasteiger partial charge on any atom is -0.322 e. The quantitative estimate of drug-likeness (QED) is 0.744. The molecule has 0 spiro atoms. The SMILES string of the molecule is Cc1ccc(/C=C/C(=O)Nc2ccc(C)c(-n3nnnc3C)c2)cc1. The highest BCUT2D eigenvalue weighted by Gasteiger charge is 2.08. The Labute approximate surface area is 146 Å². The van der Waals surface area contributed by atoms with E-state index in [1.54, 1.807) is 10.8 Å². The number of hydrogen-bond acceptors (Lipinski definition) is 4. The fourth-order valence-electron chi connectivity index (χ4n) is 2.40. The lowest BCUT2D eigenvalue weighted by Crippen LogP contribution is -2.09. The molecule has 0 atom stereocenters. The number of benzene rings is 2. The van der Waals surface area contributed by atoms with Crippen LogP contribution in [-0.2, 0) is 4.79 Å². The summed E-state index contributed by atoms with van der Waals surface area (Å²) in [6, 6.07) is 13.6. The normalized spacial score (nSPS) is 11.0. The van der Waals surface area contributed by atoms with Crippen molar-refractivity contribution in [1.82, 2.24) is 20.2 Å². The highest BCUT2D eigenvalue weighted by molar-refractivity contribution is 6.02. The van der Waals surface area contributed by atoms with Gasteiger partial charge in [0.15, 0.2) is 5.82 Å². The van der Waals surface area contributed by atoms with Crippen molar-refractivity contribution in [2.75, 3.05) is 5.32 Å². The Morgan fingerprint density at radius 1 is 1.08 bits per heavy atom. The van der Waals surface area contributed by atoms with Crippen LogP contribution in [0, 0.1) is 20.8 Å². The molecule has 2 aromatic carbocycles. The van der Waals surface area contributed by atoms with E-state index in [1.807, 2.05) is 63.2 Å². The van der Waals surface area contributed by atoms with Crippen molar-refractivity contribution in [2.45, 2.75) is 20.8 Å². The van der Waals surface area contributed by atoms with Crippen molar-refractivity contribution >= 4 is 17.7 Å². The number of tetrazole rings is 1. The summed E-state index contributed by atoms with van der Waals surface area (Å²) >= 11 is 0. The standard InChI is InChI=1S/C19H19N5O/c1-13-4-7-16(8-5-13)9-11-19(25)20-17-10-6-14(2)18(12-17)24-15(3)21-22-23-24/h4-12H,1-3H3,(H,20,25)/b11-9+. The van der Waals surface area contributed by atoms with Gasteiger partial charge in [-0.3, -0.25) is 4.79 Å². The molecule has 0 aliphatic rings. The maximum atomic E-state index is 12.2. The Bertz CT molecular complexity index is 925. The van der Waals surface area contributed by atoms with Gasteiger partial charge in [-0.15, -0.1) is 5.10 Å². The van der Waals surface area contributed by atoms with Gasteiger partial charge >= 0.3 is 0 Å². The van der Waals surface area contributed by atoms with Crippen LogP contribution in [0.3, 0.4) is 0 Å². The summed E-state index contributed by atoms with van der Waals surface area (Å²) < 4.78 is 1.65. The molecule has 1 heterocycles. The third kappa shape index (κ3) is 3.98. The van der Waals surface area contributed by atoms with Gasteiger partial charge in [-0.05, 0) is 60.5 Å². The van der Waals surface area contributed by atoms with Crippen LogP contribution in [0.2, 0.25) is 0 Å². The van der Waals surface area contributed by atoms with Gasteiger partial charge in [0, 0.05) is 11.8 Å². The van der Waals surface area contributed by atoms with Gasteiger partial charge in [0.1, 0.15) is 0 Å². The molecule has 1 aromatic heterocycles. The molecular formula is C19H19N5O. The third-order valence-corrected chi connectivity index (χ3v) is 3.83. The van der Waals surface area contributed by atoms with E-state index < -0.39 is 0 Å². The minimum absolute atomic E-state index is 0.191. The number of hydrogen-bond donors (Lipinski definition) is 1. The summed E-state index contributed by atoms with van der Waals surface area (Å²) in [6.07, 6.45) is 3.31. The van der Waals surface area contributed by atoms with Crippen LogP contribution in [0.1, 0.15) is 22.5 Å². The predicted molar refractivity (Wildman–Crippen MR) is 97.5 cm³/mol. The van der Waals surface area contributed by atoms with Crippen molar-refractivity contribution in [3.63, 3.8) is 0 Å². The molecular weight excluding hydrogens is 314 g/mol. The van der Waals surface area contributed by atoms with E-state index >= 15 is 0 Å². The zero-order valence-electron chi connectivity index (χ0n) is 14.4. The van der Waals surface area contributed by atoms with Crippen LogP contribution in [0.4, 0.5) is 5.69 Å². The molecule has 0 aliphatic carbocycles. The van der Waals surface area contributed by atoms with Crippen molar-refractivity contribution in [1.29, 1.82) is 0 Å². The Balaban J connectivity index is 1.75. The van der Waals surface area contributed by atoms with E-state index in [1.165, 1.54) is 11.6 Å². The zero-order chi connectivity index (χ0) is 17.8. The average molecular weight is 333 g/mol. The number of carbonyl (C=O) groups is 1. The Hall–Kier alpha value is -3.28. The molecule has 126 valence electrons. The monoisotopic (exact) mass is 333 g/mol. The smallest absolute Gasteiger partial charge is 0.248 e. The second-order valence-electron chi connectivity index (χ2n) is 5.87.